The lowest BCUT2D eigenvalue weighted by molar-refractivity contribution is 0.257. The normalized spacial score (nSPS) is 21.4. The van der Waals surface area contributed by atoms with Gasteiger partial charge < -0.3 is 9.84 Å². The molecule has 0 saturated carbocycles. The van der Waals surface area contributed by atoms with Gasteiger partial charge >= 0.3 is 0 Å². The van der Waals surface area contributed by atoms with E-state index in [1.165, 1.54) is 12.8 Å². The van der Waals surface area contributed by atoms with Crippen molar-refractivity contribution < 1.29 is 4.52 Å². The first kappa shape index (κ1) is 12.3. The number of aromatic nitrogens is 5. The summed E-state index contributed by atoms with van der Waals surface area (Å²) in [5.41, 5.74) is 0.613. The van der Waals surface area contributed by atoms with Crippen LogP contribution >= 0.6 is 0 Å². The van der Waals surface area contributed by atoms with E-state index >= 15 is 0 Å². The van der Waals surface area contributed by atoms with E-state index < -0.39 is 0 Å². The largest absolute Gasteiger partial charge is 0.339 e. The number of rotatable bonds is 4. The Morgan fingerprint density at radius 3 is 3.21 bits per heavy atom. The summed E-state index contributed by atoms with van der Waals surface area (Å²) in [7, 11) is 0. The van der Waals surface area contributed by atoms with Crippen molar-refractivity contribution in [1.29, 1.82) is 0 Å². The maximum absolute atomic E-state index is 5.29. The van der Waals surface area contributed by atoms with Gasteiger partial charge in [0.1, 0.15) is 0 Å². The number of nitrogens with zero attached hydrogens (tertiary/aromatic N) is 4. The molecule has 19 heavy (non-hydrogen) atoms. The molecule has 102 valence electrons. The van der Waals surface area contributed by atoms with Gasteiger partial charge in [-0.15, -0.1) is 0 Å². The van der Waals surface area contributed by atoms with Crippen LogP contribution in [0.5, 0.6) is 0 Å². The third-order valence-electron chi connectivity index (χ3n) is 3.75. The molecule has 2 aromatic rings. The average Bonchev–Trinajstić information content (AvgIpc) is 3.10. The summed E-state index contributed by atoms with van der Waals surface area (Å²) in [6.45, 7) is 4.48. The van der Waals surface area contributed by atoms with Gasteiger partial charge in [-0.25, -0.2) is 0 Å². The quantitative estimate of drug-likeness (QED) is 0.855. The zero-order valence-corrected chi connectivity index (χ0v) is 11.0. The molecule has 2 unspecified atom stereocenters. The van der Waals surface area contributed by atoms with Gasteiger partial charge in [-0.05, 0) is 37.8 Å². The van der Waals surface area contributed by atoms with Crippen molar-refractivity contribution in [3.05, 3.63) is 12.1 Å². The molecule has 7 nitrogen and oxygen atoms in total. The maximum Gasteiger partial charge on any atom is 0.227 e. The standard InChI is InChI=1S/C12H18N6O/c1-8(9-3-2-4-13-6-9)5-11-15-12(17-19-11)10-7-14-18-16-10/h7-9,13H,2-6H2,1H3,(H,14,16,18). The molecular weight excluding hydrogens is 244 g/mol. The smallest absolute Gasteiger partial charge is 0.227 e. The van der Waals surface area contributed by atoms with Crippen molar-refractivity contribution in [1.82, 2.24) is 30.9 Å². The minimum atomic E-state index is 0.498. The molecule has 1 saturated heterocycles. The third-order valence-corrected chi connectivity index (χ3v) is 3.75. The van der Waals surface area contributed by atoms with Gasteiger partial charge in [-0.2, -0.15) is 20.4 Å². The van der Waals surface area contributed by atoms with Gasteiger partial charge in [-0.1, -0.05) is 12.1 Å². The van der Waals surface area contributed by atoms with Crippen LogP contribution in [0.1, 0.15) is 25.7 Å². The summed E-state index contributed by atoms with van der Waals surface area (Å²) in [6.07, 6.45) is 4.93. The number of H-pyrrole nitrogens is 1. The summed E-state index contributed by atoms with van der Waals surface area (Å²) in [4.78, 5) is 4.37. The second-order valence-electron chi connectivity index (χ2n) is 5.15. The summed E-state index contributed by atoms with van der Waals surface area (Å²) in [5, 5.41) is 17.6. The molecule has 0 bridgehead atoms. The van der Waals surface area contributed by atoms with Gasteiger partial charge in [-0.3, -0.25) is 0 Å². The van der Waals surface area contributed by atoms with Crippen LogP contribution in [0.15, 0.2) is 10.7 Å². The fourth-order valence-corrected chi connectivity index (χ4v) is 2.56. The number of hydrogen-bond donors (Lipinski definition) is 2. The zero-order chi connectivity index (χ0) is 13.1. The molecule has 0 amide bonds. The Labute approximate surface area is 111 Å². The fraction of sp³-hybridized carbons (Fsp3) is 0.667. The minimum absolute atomic E-state index is 0.498. The molecule has 1 fully saturated rings. The lowest BCUT2D eigenvalue weighted by Crippen LogP contribution is -2.33. The first-order valence-electron chi connectivity index (χ1n) is 6.72. The third kappa shape index (κ3) is 2.81. The van der Waals surface area contributed by atoms with E-state index in [1.54, 1.807) is 6.20 Å². The molecule has 0 aromatic carbocycles. The summed E-state index contributed by atoms with van der Waals surface area (Å²) in [5.74, 6) is 2.41. The molecule has 7 heteroatoms. The van der Waals surface area contributed by atoms with E-state index in [1.807, 2.05) is 0 Å². The molecule has 2 N–H and O–H groups in total. The Kier molecular flexibility index (Phi) is 3.54. The second kappa shape index (κ2) is 5.48. The number of hydrogen-bond acceptors (Lipinski definition) is 6. The highest BCUT2D eigenvalue weighted by molar-refractivity contribution is 5.44. The molecule has 2 aromatic heterocycles. The van der Waals surface area contributed by atoms with Crippen LogP contribution in [0.3, 0.4) is 0 Å². The van der Waals surface area contributed by atoms with Crippen LogP contribution < -0.4 is 5.32 Å². The van der Waals surface area contributed by atoms with Crippen LogP contribution in [0, 0.1) is 11.8 Å². The Hall–Kier alpha value is -1.76. The molecule has 0 radical (unpaired) electrons. The van der Waals surface area contributed by atoms with Crippen LogP contribution in [-0.2, 0) is 6.42 Å². The lowest BCUT2D eigenvalue weighted by atomic mass is 9.85. The van der Waals surface area contributed by atoms with Gasteiger partial charge in [0, 0.05) is 6.42 Å². The van der Waals surface area contributed by atoms with E-state index in [2.05, 4.69) is 37.8 Å². The Balaban J connectivity index is 1.63. The molecule has 0 spiro atoms. The van der Waals surface area contributed by atoms with E-state index in [-0.39, 0.29) is 0 Å². The summed E-state index contributed by atoms with van der Waals surface area (Å²) in [6, 6.07) is 0. The maximum atomic E-state index is 5.29. The number of nitrogens with one attached hydrogen (secondary N) is 2. The summed E-state index contributed by atoms with van der Waals surface area (Å²) < 4.78 is 5.29. The van der Waals surface area contributed by atoms with Gasteiger partial charge in [0.05, 0.1) is 6.20 Å². The fourth-order valence-electron chi connectivity index (χ4n) is 2.56. The van der Waals surface area contributed by atoms with Crippen molar-refractivity contribution in [2.45, 2.75) is 26.2 Å². The summed E-state index contributed by atoms with van der Waals surface area (Å²) >= 11 is 0. The zero-order valence-electron chi connectivity index (χ0n) is 11.0. The Bertz CT molecular complexity index is 502. The molecule has 3 heterocycles. The topological polar surface area (TPSA) is 92.5 Å². The predicted molar refractivity (Wildman–Crippen MR) is 68.1 cm³/mol. The molecule has 1 aliphatic heterocycles. The van der Waals surface area contributed by atoms with Gasteiger partial charge in [0.15, 0.2) is 5.69 Å². The SMILES string of the molecule is CC(Cc1nc(-c2cn[nH]n2)no1)C1CCCNC1. The first-order chi connectivity index (χ1) is 9.33. The molecule has 1 aliphatic rings. The highest BCUT2D eigenvalue weighted by atomic mass is 16.5. The molecule has 3 rings (SSSR count). The predicted octanol–water partition coefficient (Wildman–Crippen LogP) is 1.03. The number of piperidine rings is 1. The number of aromatic amines is 1. The van der Waals surface area contributed by atoms with E-state index in [0.29, 0.717) is 29.2 Å². The van der Waals surface area contributed by atoms with Gasteiger partial charge in [0.25, 0.3) is 0 Å². The van der Waals surface area contributed by atoms with Crippen molar-refractivity contribution in [2.24, 2.45) is 11.8 Å². The van der Waals surface area contributed by atoms with E-state index in [4.69, 9.17) is 4.52 Å². The van der Waals surface area contributed by atoms with Crippen molar-refractivity contribution in [3.8, 4) is 11.5 Å². The molecular formula is C12H18N6O. The Morgan fingerprint density at radius 2 is 2.47 bits per heavy atom. The molecule has 2 atom stereocenters. The average molecular weight is 262 g/mol. The molecule has 0 aliphatic carbocycles. The van der Waals surface area contributed by atoms with Crippen LogP contribution in [0.25, 0.3) is 11.5 Å². The van der Waals surface area contributed by atoms with Crippen LogP contribution in [0.2, 0.25) is 0 Å². The monoisotopic (exact) mass is 262 g/mol. The first-order valence-corrected chi connectivity index (χ1v) is 6.72. The van der Waals surface area contributed by atoms with Crippen molar-refractivity contribution in [2.75, 3.05) is 13.1 Å². The highest BCUT2D eigenvalue weighted by Crippen LogP contribution is 2.23. The van der Waals surface area contributed by atoms with Crippen molar-refractivity contribution in [3.63, 3.8) is 0 Å². The van der Waals surface area contributed by atoms with Crippen molar-refractivity contribution >= 4 is 0 Å². The van der Waals surface area contributed by atoms with Crippen LogP contribution in [-0.4, -0.2) is 38.6 Å². The highest BCUT2D eigenvalue weighted by Gasteiger charge is 2.22. The van der Waals surface area contributed by atoms with Gasteiger partial charge in [0.2, 0.25) is 11.7 Å². The second-order valence-corrected chi connectivity index (χ2v) is 5.15. The van der Waals surface area contributed by atoms with Crippen LogP contribution in [0.4, 0.5) is 0 Å². The minimum Gasteiger partial charge on any atom is -0.339 e. The Morgan fingerprint density at radius 1 is 1.53 bits per heavy atom. The van der Waals surface area contributed by atoms with E-state index in [9.17, 15) is 0 Å². The lowest BCUT2D eigenvalue weighted by Gasteiger charge is -2.27. The van der Waals surface area contributed by atoms with E-state index in [0.717, 1.165) is 19.5 Å².